The van der Waals surface area contributed by atoms with Gasteiger partial charge in [-0.2, -0.15) is 0 Å². The van der Waals surface area contributed by atoms with Crippen molar-refractivity contribution in [3.8, 4) is 0 Å². The van der Waals surface area contributed by atoms with Gasteiger partial charge in [-0.15, -0.1) is 0 Å². The molecule has 3 aliphatic rings. The summed E-state index contributed by atoms with van der Waals surface area (Å²) in [6.45, 7) is 0. The first-order valence-corrected chi connectivity index (χ1v) is 5.73. The van der Waals surface area contributed by atoms with Crippen molar-refractivity contribution >= 4 is 17.5 Å². The van der Waals surface area contributed by atoms with E-state index in [4.69, 9.17) is 4.74 Å². The van der Waals surface area contributed by atoms with Gasteiger partial charge >= 0.3 is 5.97 Å². The molecule has 3 aliphatic carbocycles. The average molecular weight is 222 g/mol. The molecule has 4 heteroatoms. The second kappa shape index (κ2) is 2.73. The maximum Gasteiger partial charge on any atom is 0.320 e. The Bertz CT molecular complexity index is 397. The first-order valence-electron chi connectivity index (χ1n) is 5.73. The molecule has 0 aliphatic heterocycles. The van der Waals surface area contributed by atoms with Crippen LogP contribution in [0.1, 0.15) is 32.1 Å². The molecule has 0 aromatic heterocycles. The van der Waals surface area contributed by atoms with E-state index in [2.05, 4.69) is 0 Å². The van der Waals surface area contributed by atoms with Crippen molar-refractivity contribution in [1.82, 2.24) is 0 Å². The van der Waals surface area contributed by atoms with Gasteiger partial charge in [-0.1, -0.05) is 0 Å². The summed E-state index contributed by atoms with van der Waals surface area (Å²) in [4.78, 5) is 36.0. The Morgan fingerprint density at radius 3 is 2.62 bits per heavy atom. The summed E-state index contributed by atoms with van der Waals surface area (Å²) in [5.74, 6) is -0.525. The topological polar surface area (TPSA) is 60.4 Å². The number of rotatable bonds is 1. The van der Waals surface area contributed by atoms with Gasteiger partial charge in [-0.25, -0.2) is 0 Å². The van der Waals surface area contributed by atoms with Crippen LogP contribution in [0.5, 0.6) is 0 Å². The third kappa shape index (κ3) is 0.815. The van der Waals surface area contributed by atoms with E-state index in [1.807, 2.05) is 0 Å². The summed E-state index contributed by atoms with van der Waals surface area (Å²) in [7, 11) is 1.30. The van der Waals surface area contributed by atoms with Crippen molar-refractivity contribution in [2.24, 2.45) is 16.7 Å². The maximum absolute atomic E-state index is 12.1. The fraction of sp³-hybridized carbons (Fsp3) is 0.750. The Kier molecular flexibility index (Phi) is 1.71. The van der Waals surface area contributed by atoms with Crippen LogP contribution in [-0.4, -0.2) is 24.6 Å². The molecule has 0 aromatic rings. The highest BCUT2D eigenvalue weighted by Gasteiger charge is 2.77. The van der Waals surface area contributed by atoms with E-state index in [0.717, 1.165) is 12.8 Å². The number of carbonyl (C=O) groups excluding carboxylic acids is 3. The number of hydrogen-bond acceptors (Lipinski definition) is 4. The second-order valence-electron chi connectivity index (χ2n) is 5.21. The smallest absolute Gasteiger partial charge is 0.320 e. The molecule has 1 spiro atoms. The number of esters is 1. The zero-order valence-corrected chi connectivity index (χ0v) is 9.25. The van der Waals surface area contributed by atoms with Crippen LogP contribution in [0.3, 0.4) is 0 Å². The molecule has 2 atom stereocenters. The van der Waals surface area contributed by atoms with Gasteiger partial charge in [0.05, 0.1) is 7.11 Å². The zero-order valence-electron chi connectivity index (χ0n) is 9.25. The number of ether oxygens (including phenoxy) is 1. The van der Waals surface area contributed by atoms with Crippen LogP contribution < -0.4 is 0 Å². The summed E-state index contributed by atoms with van der Waals surface area (Å²) in [6.07, 6.45) is 2.72. The predicted octanol–water partition coefficient (Wildman–Crippen LogP) is 0.878. The molecular formula is C12H14O4. The molecule has 3 rings (SSSR count). The fourth-order valence-electron chi connectivity index (χ4n) is 3.94. The van der Waals surface area contributed by atoms with Crippen molar-refractivity contribution in [1.29, 1.82) is 0 Å². The van der Waals surface area contributed by atoms with Gasteiger partial charge in [0, 0.05) is 24.2 Å². The van der Waals surface area contributed by atoms with Crippen molar-refractivity contribution in [3.63, 3.8) is 0 Å². The van der Waals surface area contributed by atoms with E-state index in [1.165, 1.54) is 7.11 Å². The van der Waals surface area contributed by atoms with Gasteiger partial charge in [0.2, 0.25) is 0 Å². The van der Waals surface area contributed by atoms with E-state index < -0.39 is 11.4 Å². The molecule has 16 heavy (non-hydrogen) atoms. The van der Waals surface area contributed by atoms with Gasteiger partial charge in [-0.05, 0) is 19.3 Å². The Balaban J connectivity index is 2.16. The molecule has 3 fully saturated rings. The van der Waals surface area contributed by atoms with E-state index in [1.54, 1.807) is 0 Å². The van der Waals surface area contributed by atoms with Gasteiger partial charge in [0.25, 0.3) is 0 Å². The lowest BCUT2D eigenvalue weighted by molar-refractivity contribution is -0.164. The number of methoxy groups -OCH3 is 1. The van der Waals surface area contributed by atoms with E-state index in [9.17, 15) is 14.4 Å². The molecule has 3 saturated carbocycles. The van der Waals surface area contributed by atoms with Crippen LogP contribution in [0.4, 0.5) is 0 Å². The van der Waals surface area contributed by atoms with E-state index in [0.29, 0.717) is 12.8 Å². The fourth-order valence-corrected chi connectivity index (χ4v) is 3.94. The summed E-state index contributed by atoms with van der Waals surface area (Å²) in [5, 5.41) is 0. The third-order valence-corrected chi connectivity index (χ3v) is 4.80. The summed E-state index contributed by atoms with van der Waals surface area (Å²) >= 11 is 0. The first kappa shape index (κ1) is 10.00. The molecule has 0 unspecified atom stereocenters. The highest BCUT2D eigenvalue weighted by molar-refractivity contribution is 6.13. The average Bonchev–Trinajstić information content (AvgIpc) is 3.00. The molecule has 0 radical (unpaired) electrons. The largest absolute Gasteiger partial charge is 0.468 e. The van der Waals surface area contributed by atoms with Crippen LogP contribution in [-0.2, 0) is 19.1 Å². The molecule has 4 nitrogen and oxygen atoms in total. The van der Waals surface area contributed by atoms with E-state index >= 15 is 0 Å². The molecule has 0 aromatic carbocycles. The Hall–Kier alpha value is -1.19. The Morgan fingerprint density at radius 2 is 2.06 bits per heavy atom. The standard InChI is InChI=1S/C12H14O4/c1-16-10(15)12-6-8(13)7(2-3-9(12)14)11(12)4-5-11/h7H,2-6H2,1H3/t7-,12-/m1/s1. The Labute approximate surface area is 93.3 Å². The van der Waals surface area contributed by atoms with Crippen molar-refractivity contribution in [2.75, 3.05) is 7.11 Å². The lowest BCUT2D eigenvalue weighted by Crippen LogP contribution is -2.48. The highest BCUT2D eigenvalue weighted by Crippen LogP contribution is 2.73. The lowest BCUT2D eigenvalue weighted by Gasteiger charge is -2.36. The summed E-state index contributed by atoms with van der Waals surface area (Å²) in [6, 6.07) is 0. The Morgan fingerprint density at radius 1 is 1.38 bits per heavy atom. The van der Waals surface area contributed by atoms with Gasteiger partial charge in [-0.3, -0.25) is 14.4 Å². The monoisotopic (exact) mass is 222 g/mol. The molecule has 0 heterocycles. The second-order valence-corrected chi connectivity index (χ2v) is 5.21. The van der Waals surface area contributed by atoms with Crippen LogP contribution in [0.25, 0.3) is 0 Å². The van der Waals surface area contributed by atoms with Crippen molar-refractivity contribution in [2.45, 2.75) is 32.1 Å². The van der Waals surface area contributed by atoms with Crippen LogP contribution in [0, 0.1) is 16.7 Å². The van der Waals surface area contributed by atoms with Crippen molar-refractivity contribution < 1.29 is 19.1 Å². The van der Waals surface area contributed by atoms with E-state index in [-0.39, 0.29) is 29.3 Å². The quantitative estimate of drug-likeness (QED) is 0.488. The van der Waals surface area contributed by atoms with Crippen LogP contribution >= 0.6 is 0 Å². The minimum absolute atomic E-state index is 0.0655. The summed E-state index contributed by atoms with van der Waals surface area (Å²) in [5.41, 5.74) is -1.46. The molecular weight excluding hydrogens is 208 g/mol. The normalized spacial score (nSPS) is 38.9. The molecule has 86 valence electrons. The predicted molar refractivity (Wildman–Crippen MR) is 53.5 cm³/mol. The zero-order chi connectivity index (χ0) is 11.6. The number of hydrogen-bond donors (Lipinski definition) is 0. The van der Waals surface area contributed by atoms with Gasteiger partial charge < -0.3 is 4.74 Å². The van der Waals surface area contributed by atoms with Crippen LogP contribution in [0.2, 0.25) is 0 Å². The van der Waals surface area contributed by atoms with Crippen LogP contribution in [0.15, 0.2) is 0 Å². The maximum atomic E-state index is 12.1. The number of carbonyl (C=O) groups is 3. The lowest BCUT2D eigenvalue weighted by atomic mass is 9.63. The SMILES string of the molecule is COC(=O)[C@@]12CC(=O)[C@@H](CCC1=O)C21CC1. The first-order chi connectivity index (χ1) is 7.58. The minimum Gasteiger partial charge on any atom is -0.468 e. The number of ketones is 2. The van der Waals surface area contributed by atoms with Crippen molar-refractivity contribution in [3.05, 3.63) is 0 Å². The molecule has 0 N–H and O–H groups in total. The molecule has 2 bridgehead atoms. The number of Topliss-reactive ketones (excluding diaryl/α,β-unsaturated/α-hetero) is 2. The summed E-state index contributed by atoms with van der Waals surface area (Å²) < 4.78 is 4.79. The third-order valence-electron chi connectivity index (χ3n) is 4.80. The van der Waals surface area contributed by atoms with Gasteiger partial charge in [0.15, 0.2) is 5.78 Å². The molecule has 0 amide bonds. The highest BCUT2D eigenvalue weighted by atomic mass is 16.5. The van der Waals surface area contributed by atoms with Gasteiger partial charge in [0.1, 0.15) is 11.2 Å². The minimum atomic E-state index is -1.11. The molecule has 0 saturated heterocycles.